The summed E-state index contributed by atoms with van der Waals surface area (Å²) in [6.07, 6.45) is 0. The number of hydrogen-bond acceptors (Lipinski definition) is 3. The van der Waals surface area contributed by atoms with Crippen LogP contribution in [-0.4, -0.2) is 21.9 Å². The van der Waals surface area contributed by atoms with Crippen molar-refractivity contribution in [2.24, 2.45) is 11.1 Å². The van der Waals surface area contributed by atoms with Gasteiger partial charge in [-0.3, -0.25) is 10.1 Å². The molecule has 0 fully saturated rings. The molecule has 0 bridgehead atoms. The summed E-state index contributed by atoms with van der Waals surface area (Å²) in [7, 11) is 0. The lowest BCUT2D eigenvalue weighted by atomic mass is 9.87. The minimum atomic E-state index is -0.578. The topological polar surface area (TPSA) is 83.8 Å². The summed E-state index contributed by atoms with van der Waals surface area (Å²) in [6.45, 7) is 5.78. The van der Waals surface area contributed by atoms with Gasteiger partial charge in [-0.1, -0.05) is 32.9 Å². The molecule has 5 heteroatoms. The average Bonchev–Trinajstić information content (AvgIpc) is 2.68. The van der Waals surface area contributed by atoms with E-state index in [2.05, 4.69) is 15.3 Å². The molecule has 1 amide bonds. The first kappa shape index (κ1) is 12.6. The van der Waals surface area contributed by atoms with E-state index in [1.807, 2.05) is 45.0 Å². The van der Waals surface area contributed by atoms with E-state index in [0.717, 1.165) is 11.0 Å². The number of carbonyl (C=O) groups excluding carboxylic acids is 1. The summed E-state index contributed by atoms with van der Waals surface area (Å²) in [6, 6.07) is 7.01. The van der Waals surface area contributed by atoms with Crippen molar-refractivity contribution in [3.63, 3.8) is 0 Å². The number of amides is 1. The second-order valence-electron chi connectivity index (χ2n) is 5.44. The van der Waals surface area contributed by atoms with Crippen LogP contribution in [0.25, 0.3) is 11.0 Å². The first-order chi connectivity index (χ1) is 8.38. The number of aromatic nitrogens is 2. The highest BCUT2D eigenvalue weighted by molar-refractivity contribution is 5.95. The molecule has 2 aromatic rings. The zero-order chi connectivity index (χ0) is 13.3. The molecule has 0 unspecified atom stereocenters. The summed E-state index contributed by atoms with van der Waals surface area (Å²) >= 11 is 0. The fraction of sp³-hybridized carbons (Fsp3) is 0.385. The van der Waals surface area contributed by atoms with Crippen molar-refractivity contribution in [2.75, 3.05) is 5.32 Å². The summed E-state index contributed by atoms with van der Waals surface area (Å²) < 4.78 is 0. The van der Waals surface area contributed by atoms with E-state index >= 15 is 0 Å². The van der Waals surface area contributed by atoms with Gasteiger partial charge in [0.25, 0.3) is 0 Å². The molecular weight excluding hydrogens is 228 g/mol. The van der Waals surface area contributed by atoms with Gasteiger partial charge in [0.05, 0.1) is 17.1 Å². The van der Waals surface area contributed by atoms with Gasteiger partial charge in [0.15, 0.2) is 0 Å². The molecule has 0 radical (unpaired) electrons. The number of rotatable bonds is 2. The van der Waals surface area contributed by atoms with E-state index in [1.54, 1.807) is 0 Å². The van der Waals surface area contributed by atoms with Gasteiger partial charge >= 0.3 is 0 Å². The summed E-state index contributed by atoms with van der Waals surface area (Å²) in [5, 5.41) is 2.71. The van der Waals surface area contributed by atoms with Crippen LogP contribution in [-0.2, 0) is 4.79 Å². The molecule has 0 aliphatic carbocycles. The molecule has 0 aliphatic rings. The molecule has 0 saturated carbocycles. The molecule has 2 rings (SSSR count). The van der Waals surface area contributed by atoms with Crippen molar-refractivity contribution < 1.29 is 4.79 Å². The molecule has 0 aliphatic heterocycles. The predicted molar refractivity (Wildman–Crippen MR) is 72.2 cm³/mol. The number of H-pyrrole nitrogens is 1. The molecule has 1 aromatic heterocycles. The Morgan fingerprint density at radius 1 is 1.39 bits per heavy atom. The van der Waals surface area contributed by atoms with Crippen molar-refractivity contribution in [2.45, 2.75) is 26.8 Å². The highest BCUT2D eigenvalue weighted by atomic mass is 16.2. The second kappa shape index (κ2) is 4.42. The monoisotopic (exact) mass is 246 g/mol. The molecule has 1 heterocycles. The Hall–Kier alpha value is -1.88. The van der Waals surface area contributed by atoms with Crippen LogP contribution in [0.5, 0.6) is 0 Å². The Morgan fingerprint density at radius 3 is 2.67 bits per heavy atom. The average molecular weight is 246 g/mol. The number of imidazole rings is 1. The molecule has 18 heavy (non-hydrogen) atoms. The van der Waals surface area contributed by atoms with E-state index in [1.165, 1.54) is 0 Å². The number of nitrogens with two attached hydrogens (primary N) is 1. The van der Waals surface area contributed by atoms with Crippen LogP contribution in [0.1, 0.15) is 20.8 Å². The Balaban J connectivity index is 2.16. The van der Waals surface area contributed by atoms with Gasteiger partial charge in [-0.15, -0.1) is 0 Å². The number of hydrogen-bond donors (Lipinski definition) is 3. The minimum Gasteiger partial charge on any atom is -0.324 e. The van der Waals surface area contributed by atoms with Crippen molar-refractivity contribution in [1.29, 1.82) is 0 Å². The van der Waals surface area contributed by atoms with Gasteiger partial charge in [-0.05, 0) is 17.5 Å². The van der Waals surface area contributed by atoms with E-state index < -0.39 is 6.04 Å². The second-order valence-corrected chi connectivity index (χ2v) is 5.44. The Bertz CT molecular complexity index is 535. The first-order valence-electron chi connectivity index (χ1n) is 5.89. The number of aromatic amines is 1. The smallest absolute Gasteiger partial charge is 0.244 e. The maximum atomic E-state index is 11.9. The number of fused-ring (bicyclic) bond motifs is 1. The van der Waals surface area contributed by atoms with Crippen LogP contribution in [0.3, 0.4) is 0 Å². The van der Waals surface area contributed by atoms with E-state index in [9.17, 15) is 4.79 Å². The molecule has 1 aromatic carbocycles. The van der Waals surface area contributed by atoms with Crippen LogP contribution < -0.4 is 11.1 Å². The van der Waals surface area contributed by atoms with Crippen molar-refractivity contribution in [1.82, 2.24) is 9.97 Å². The third-order valence-electron chi connectivity index (χ3n) is 2.85. The Kier molecular flexibility index (Phi) is 3.09. The first-order valence-corrected chi connectivity index (χ1v) is 5.89. The quantitative estimate of drug-likeness (QED) is 0.756. The van der Waals surface area contributed by atoms with Crippen LogP contribution in [0.2, 0.25) is 0 Å². The van der Waals surface area contributed by atoms with Gasteiger partial charge in [-0.25, -0.2) is 4.98 Å². The van der Waals surface area contributed by atoms with E-state index in [4.69, 9.17) is 5.73 Å². The Labute approximate surface area is 106 Å². The molecule has 1 atom stereocenters. The number of nitrogens with zero attached hydrogens (tertiary/aromatic N) is 1. The van der Waals surface area contributed by atoms with Crippen LogP contribution >= 0.6 is 0 Å². The fourth-order valence-corrected chi connectivity index (χ4v) is 1.60. The third kappa shape index (κ3) is 2.51. The molecular formula is C13H18N4O. The number of nitrogens with one attached hydrogen (secondary N) is 2. The maximum absolute atomic E-state index is 11.9. The van der Waals surface area contributed by atoms with Crippen molar-refractivity contribution in [3.8, 4) is 0 Å². The molecule has 96 valence electrons. The van der Waals surface area contributed by atoms with Crippen LogP contribution in [0.4, 0.5) is 5.95 Å². The lowest BCUT2D eigenvalue weighted by Crippen LogP contribution is -2.45. The van der Waals surface area contributed by atoms with Crippen LogP contribution in [0.15, 0.2) is 24.3 Å². The SMILES string of the molecule is CC(C)(C)[C@H](N)C(=O)Nc1nc2ccccc2[nH]1. The summed E-state index contributed by atoms with van der Waals surface area (Å²) in [5.41, 5.74) is 7.30. The molecule has 0 spiro atoms. The largest absolute Gasteiger partial charge is 0.324 e. The fourth-order valence-electron chi connectivity index (χ4n) is 1.60. The Morgan fingerprint density at radius 2 is 2.06 bits per heavy atom. The van der Waals surface area contributed by atoms with E-state index in [0.29, 0.717) is 5.95 Å². The van der Waals surface area contributed by atoms with Gasteiger partial charge in [0, 0.05) is 0 Å². The summed E-state index contributed by atoms with van der Waals surface area (Å²) in [5.74, 6) is 0.197. The zero-order valence-corrected chi connectivity index (χ0v) is 10.8. The number of anilines is 1. The normalized spacial score (nSPS) is 13.6. The third-order valence-corrected chi connectivity index (χ3v) is 2.85. The molecule has 4 N–H and O–H groups in total. The van der Waals surface area contributed by atoms with Crippen molar-refractivity contribution >= 4 is 22.9 Å². The standard InChI is InChI=1S/C13H18N4O/c1-13(2,3)10(14)11(18)17-12-15-8-6-4-5-7-9(8)16-12/h4-7,10H,14H2,1-3H3,(H2,15,16,17,18)/t10-/m1/s1. The van der Waals surface area contributed by atoms with Crippen molar-refractivity contribution in [3.05, 3.63) is 24.3 Å². The highest BCUT2D eigenvalue weighted by Gasteiger charge is 2.27. The van der Waals surface area contributed by atoms with Gasteiger partial charge in [-0.2, -0.15) is 0 Å². The highest BCUT2D eigenvalue weighted by Crippen LogP contribution is 2.19. The zero-order valence-electron chi connectivity index (χ0n) is 10.8. The van der Waals surface area contributed by atoms with Gasteiger partial charge in [0.1, 0.15) is 0 Å². The maximum Gasteiger partial charge on any atom is 0.244 e. The van der Waals surface area contributed by atoms with Gasteiger partial charge < -0.3 is 10.7 Å². The number of benzene rings is 1. The van der Waals surface area contributed by atoms with Crippen LogP contribution in [0, 0.1) is 5.41 Å². The lowest BCUT2D eigenvalue weighted by molar-refractivity contribution is -0.119. The number of para-hydroxylation sites is 2. The lowest BCUT2D eigenvalue weighted by Gasteiger charge is -2.25. The minimum absolute atomic E-state index is 0.235. The molecule has 5 nitrogen and oxygen atoms in total. The summed E-state index contributed by atoms with van der Waals surface area (Å²) in [4.78, 5) is 19.2. The van der Waals surface area contributed by atoms with E-state index in [-0.39, 0.29) is 11.3 Å². The predicted octanol–water partition coefficient (Wildman–Crippen LogP) is 1.87. The number of carbonyl (C=O) groups is 1. The molecule has 0 saturated heterocycles. The van der Waals surface area contributed by atoms with Gasteiger partial charge in [0.2, 0.25) is 11.9 Å².